The highest BCUT2D eigenvalue weighted by molar-refractivity contribution is 6.36. The van der Waals surface area contributed by atoms with Crippen LogP contribution in [0, 0.1) is 5.82 Å². The van der Waals surface area contributed by atoms with Crippen molar-refractivity contribution in [2.75, 3.05) is 18.8 Å². The molecule has 0 spiro atoms. The Labute approximate surface area is 210 Å². The number of halogens is 3. The topological polar surface area (TPSA) is 97.4 Å². The number of nitrogens with two attached hydrogens (primary N) is 1. The number of anilines is 1. The second kappa shape index (κ2) is 9.28. The van der Waals surface area contributed by atoms with Gasteiger partial charge in [0.25, 0.3) is 5.91 Å². The quantitative estimate of drug-likeness (QED) is 0.306. The van der Waals surface area contributed by atoms with Gasteiger partial charge in [0.1, 0.15) is 17.6 Å². The van der Waals surface area contributed by atoms with E-state index in [-0.39, 0.29) is 27.5 Å². The van der Waals surface area contributed by atoms with Crippen LogP contribution in [0.5, 0.6) is 5.75 Å². The van der Waals surface area contributed by atoms with Gasteiger partial charge in [-0.2, -0.15) is 0 Å². The summed E-state index contributed by atoms with van der Waals surface area (Å²) in [7, 11) is 0. The number of rotatable bonds is 5. The molecule has 0 bridgehead atoms. The maximum Gasteiger partial charge on any atom is 0.270 e. The fraction of sp³-hybridized carbons (Fsp3) is 0.200. The van der Waals surface area contributed by atoms with Crippen LogP contribution in [0.4, 0.5) is 10.2 Å². The number of fused-ring (bicyclic) bond motifs is 1. The molecule has 1 unspecified atom stereocenters. The number of nitrogens with zero attached hydrogens (tertiary/aromatic N) is 2. The molecule has 1 amide bonds. The lowest BCUT2D eigenvalue weighted by Gasteiger charge is -2.26. The number of carbonyl (C=O) groups excluding carboxylic acids is 1. The normalized spacial score (nSPS) is 14.7. The van der Waals surface area contributed by atoms with E-state index < -0.39 is 11.9 Å². The van der Waals surface area contributed by atoms with Crippen molar-refractivity contribution in [2.24, 2.45) is 0 Å². The zero-order chi connectivity index (χ0) is 24.7. The summed E-state index contributed by atoms with van der Waals surface area (Å²) in [6.07, 6.45) is 6.90. The average Bonchev–Trinajstić information content (AvgIpc) is 3.54. The van der Waals surface area contributed by atoms with Gasteiger partial charge >= 0.3 is 0 Å². The molecule has 3 aromatic heterocycles. The van der Waals surface area contributed by atoms with Gasteiger partial charge in [-0.25, -0.2) is 9.37 Å². The highest BCUT2D eigenvalue weighted by Crippen LogP contribution is 2.41. The van der Waals surface area contributed by atoms with Crippen molar-refractivity contribution in [1.29, 1.82) is 0 Å². The molecule has 180 valence electrons. The Morgan fingerprint density at radius 3 is 2.89 bits per heavy atom. The molecule has 0 saturated carbocycles. The Hall–Kier alpha value is -3.49. The van der Waals surface area contributed by atoms with E-state index in [0.717, 1.165) is 11.1 Å². The van der Waals surface area contributed by atoms with E-state index in [1.165, 1.54) is 12.1 Å². The molecule has 4 aromatic rings. The monoisotopic (exact) mass is 514 g/mol. The number of nitrogen functional groups attached to an aromatic ring is 1. The highest BCUT2D eigenvalue weighted by Gasteiger charge is 2.25. The summed E-state index contributed by atoms with van der Waals surface area (Å²) < 4.78 is 25.9. The first kappa shape index (κ1) is 23.3. The van der Waals surface area contributed by atoms with Crippen LogP contribution in [-0.2, 0) is 0 Å². The standard InChI is InChI=1S/C25H21Cl2FN4O3/c1-13(20-17(26)4-5-18(28)21(20)27)35-23-22-15(11-31-24(23)29)16(12-34-22)14-6-9-32(10-7-14)25(33)19-3-2-8-30-19/h2-6,8,11-13,30H,7,9-10H2,1H3,(H2,29,31). The largest absolute Gasteiger partial charge is 0.478 e. The van der Waals surface area contributed by atoms with Crippen LogP contribution in [0.25, 0.3) is 16.5 Å². The summed E-state index contributed by atoms with van der Waals surface area (Å²) in [6, 6.07) is 6.17. The van der Waals surface area contributed by atoms with Crippen LogP contribution >= 0.6 is 23.2 Å². The van der Waals surface area contributed by atoms with Crippen molar-refractivity contribution in [3.8, 4) is 5.75 Å². The number of hydrogen-bond acceptors (Lipinski definition) is 5. The Kier molecular flexibility index (Phi) is 6.17. The first-order valence-electron chi connectivity index (χ1n) is 10.9. The lowest BCUT2D eigenvalue weighted by Crippen LogP contribution is -2.34. The number of aromatic amines is 1. The zero-order valence-corrected chi connectivity index (χ0v) is 20.2. The van der Waals surface area contributed by atoms with E-state index in [4.69, 9.17) is 38.1 Å². The number of pyridine rings is 1. The third-order valence-corrected chi connectivity index (χ3v) is 6.77. The number of hydrogen-bond donors (Lipinski definition) is 2. The van der Waals surface area contributed by atoms with E-state index in [1.807, 2.05) is 6.08 Å². The number of H-pyrrole nitrogens is 1. The summed E-state index contributed by atoms with van der Waals surface area (Å²) in [5.41, 5.74) is 9.26. The second-order valence-electron chi connectivity index (χ2n) is 8.20. The predicted molar refractivity (Wildman–Crippen MR) is 133 cm³/mol. The van der Waals surface area contributed by atoms with E-state index in [2.05, 4.69) is 9.97 Å². The summed E-state index contributed by atoms with van der Waals surface area (Å²) in [6.45, 7) is 2.73. The molecule has 35 heavy (non-hydrogen) atoms. The van der Waals surface area contributed by atoms with Crippen LogP contribution in [0.2, 0.25) is 10.0 Å². The minimum absolute atomic E-state index is 0.0452. The summed E-state index contributed by atoms with van der Waals surface area (Å²) >= 11 is 12.4. The molecule has 3 N–H and O–H groups in total. The first-order valence-corrected chi connectivity index (χ1v) is 11.7. The van der Waals surface area contributed by atoms with Crippen LogP contribution in [0.15, 0.2) is 53.4 Å². The molecule has 5 rings (SSSR count). The van der Waals surface area contributed by atoms with Gasteiger partial charge in [-0.3, -0.25) is 4.79 Å². The Morgan fingerprint density at radius 2 is 2.17 bits per heavy atom. The van der Waals surface area contributed by atoms with E-state index in [0.29, 0.717) is 41.7 Å². The van der Waals surface area contributed by atoms with Gasteiger partial charge in [-0.1, -0.05) is 29.3 Å². The van der Waals surface area contributed by atoms with Crippen molar-refractivity contribution >= 4 is 51.5 Å². The van der Waals surface area contributed by atoms with Gasteiger partial charge < -0.3 is 24.8 Å². The van der Waals surface area contributed by atoms with Gasteiger partial charge in [-0.15, -0.1) is 0 Å². The third kappa shape index (κ3) is 4.24. The van der Waals surface area contributed by atoms with Crippen molar-refractivity contribution in [3.63, 3.8) is 0 Å². The van der Waals surface area contributed by atoms with Crippen molar-refractivity contribution < 1.29 is 18.3 Å². The Morgan fingerprint density at radius 1 is 1.34 bits per heavy atom. The number of amides is 1. The molecule has 7 nitrogen and oxygen atoms in total. The van der Waals surface area contributed by atoms with Crippen LogP contribution < -0.4 is 10.5 Å². The maximum absolute atomic E-state index is 14.0. The third-order valence-electron chi connectivity index (χ3n) is 6.05. The Balaban J connectivity index is 1.43. The molecule has 1 atom stereocenters. The SMILES string of the molecule is CC(Oc1c(N)ncc2c(C3=CCN(C(=O)c4ccc[nH]4)CC3)coc12)c1c(Cl)ccc(F)c1Cl. The van der Waals surface area contributed by atoms with Crippen LogP contribution in [-0.4, -0.2) is 33.9 Å². The molecular formula is C25H21Cl2FN4O3. The van der Waals surface area contributed by atoms with Crippen molar-refractivity contribution in [3.05, 3.63) is 81.7 Å². The minimum Gasteiger partial charge on any atom is -0.478 e. The van der Waals surface area contributed by atoms with Crippen molar-refractivity contribution in [2.45, 2.75) is 19.4 Å². The number of aromatic nitrogens is 2. The van der Waals surface area contributed by atoms with Gasteiger partial charge in [0.05, 0.1) is 16.7 Å². The lowest BCUT2D eigenvalue weighted by atomic mass is 9.99. The number of carbonyl (C=O) groups is 1. The molecule has 1 aliphatic heterocycles. The predicted octanol–water partition coefficient (Wildman–Crippen LogP) is 6.25. The molecule has 0 aliphatic carbocycles. The average molecular weight is 515 g/mol. The smallest absolute Gasteiger partial charge is 0.270 e. The first-order chi connectivity index (χ1) is 16.8. The molecular weight excluding hydrogens is 494 g/mol. The maximum atomic E-state index is 14.0. The fourth-order valence-electron chi connectivity index (χ4n) is 4.23. The van der Waals surface area contributed by atoms with E-state index in [9.17, 15) is 9.18 Å². The van der Waals surface area contributed by atoms with Gasteiger partial charge in [0.2, 0.25) is 5.75 Å². The molecule has 1 aliphatic rings. The van der Waals surface area contributed by atoms with Gasteiger partial charge in [0.15, 0.2) is 11.4 Å². The lowest BCUT2D eigenvalue weighted by molar-refractivity contribution is 0.0767. The molecule has 0 radical (unpaired) electrons. The number of nitrogens with one attached hydrogen (secondary N) is 1. The van der Waals surface area contributed by atoms with Gasteiger partial charge in [-0.05, 0) is 43.2 Å². The molecule has 1 aromatic carbocycles. The van der Waals surface area contributed by atoms with E-state index >= 15 is 0 Å². The van der Waals surface area contributed by atoms with Crippen LogP contribution in [0.1, 0.15) is 41.1 Å². The molecule has 10 heteroatoms. The highest BCUT2D eigenvalue weighted by atomic mass is 35.5. The number of furan rings is 1. The molecule has 0 saturated heterocycles. The zero-order valence-electron chi connectivity index (χ0n) is 18.6. The Bertz CT molecular complexity index is 1450. The minimum atomic E-state index is -0.726. The van der Waals surface area contributed by atoms with E-state index in [1.54, 1.807) is 42.6 Å². The van der Waals surface area contributed by atoms with Gasteiger partial charge in [0, 0.05) is 41.6 Å². The summed E-state index contributed by atoms with van der Waals surface area (Å²) in [5, 5.41) is 0.872. The van der Waals surface area contributed by atoms with Crippen LogP contribution in [0.3, 0.4) is 0 Å². The molecule has 0 fully saturated rings. The van der Waals surface area contributed by atoms with Crippen molar-refractivity contribution in [1.82, 2.24) is 14.9 Å². The number of ether oxygens (including phenoxy) is 1. The second-order valence-corrected chi connectivity index (χ2v) is 8.98. The summed E-state index contributed by atoms with van der Waals surface area (Å²) in [5.74, 6) is -0.304. The fourth-order valence-corrected chi connectivity index (χ4v) is 4.90. The summed E-state index contributed by atoms with van der Waals surface area (Å²) in [4.78, 5) is 21.6. The number of benzene rings is 1. The molecule has 4 heterocycles.